The van der Waals surface area contributed by atoms with E-state index in [4.69, 9.17) is 9.15 Å². The molecule has 1 aromatic heterocycles. The third-order valence-electron chi connectivity index (χ3n) is 3.42. The van der Waals surface area contributed by atoms with E-state index in [0.29, 0.717) is 21.0 Å². The number of thioether (sulfide) groups is 1. The molecule has 0 unspecified atom stereocenters. The number of carbonyl (C=O) groups excluding carboxylic acids is 3. The molecule has 3 amide bonds. The van der Waals surface area contributed by atoms with Gasteiger partial charge < -0.3 is 14.5 Å². The van der Waals surface area contributed by atoms with Gasteiger partial charge in [0.05, 0.1) is 12.0 Å². The van der Waals surface area contributed by atoms with Crippen molar-refractivity contribution in [3.05, 3.63) is 50.8 Å². The highest BCUT2D eigenvalue weighted by atomic mass is 127. The Morgan fingerprint density at radius 2 is 2.00 bits per heavy atom. The van der Waals surface area contributed by atoms with Crippen molar-refractivity contribution in [3.63, 3.8) is 0 Å². The van der Waals surface area contributed by atoms with E-state index in [0.717, 1.165) is 16.7 Å². The van der Waals surface area contributed by atoms with E-state index in [-0.39, 0.29) is 11.4 Å². The highest BCUT2D eigenvalue weighted by molar-refractivity contribution is 14.1. The number of imide groups is 1. The summed E-state index contributed by atoms with van der Waals surface area (Å²) in [6, 6.07) is 10.2. The average Bonchev–Trinajstić information content (AvgIpc) is 3.14. The Balaban J connectivity index is 1.65. The Morgan fingerprint density at radius 3 is 2.62 bits per heavy atom. The van der Waals surface area contributed by atoms with Gasteiger partial charge in [0.2, 0.25) is 5.91 Å². The van der Waals surface area contributed by atoms with E-state index in [1.54, 1.807) is 43.5 Å². The summed E-state index contributed by atoms with van der Waals surface area (Å²) < 4.78 is 11.1. The SMILES string of the molecule is COc1ccc(NC(=O)CN2C(=O)S/C(=C\c3ccc(I)o3)C2=O)cc1. The van der Waals surface area contributed by atoms with Crippen LogP contribution < -0.4 is 10.1 Å². The number of carbonyl (C=O) groups is 3. The Morgan fingerprint density at radius 1 is 1.27 bits per heavy atom. The fraction of sp³-hybridized carbons (Fsp3) is 0.118. The fourth-order valence-corrected chi connectivity index (χ4v) is 3.44. The van der Waals surface area contributed by atoms with Gasteiger partial charge in [-0.25, -0.2) is 0 Å². The number of amides is 3. The number of rotatable bonds is 5. The zero-order valence-electron chi connectivity index (χ0n) is 13.5. The van der Waals surface area contributed by atoms with Crippen molar-refractivity contribution < 1.29 is 23.5 Å². The molecular formula is C17H13IN2O5S. The normalized spacial score (nSPS) is 15.6. The maximum absolute atomic E-state index is 12.4. The van der Waals surface area contributed by atoms with Crippen LogP contribution in [0.15, 0.2) is 45.7 Å². The Kier molecular flexibility index (Phi) is 5.67. The van der Waals surface area contributed by atoms with Gasteiger partial charge in [0.15, 0.2) is 3.77 Å². The summed E-state index contributed by atoms with van der Waals surface area (Å²) in [5.74, 6) is 0.150. The quantitative estimate of drug-likeness (QED) is 0.516. The van der Waals surface area contributed by atoms with E-state index in [2.05, 4.69) is 5.32 Å². The zero-order valence-corrected chi connectivity index (χ0v) is 16.5. The third kappa shape index (κ3) is 4.28. The van der Waals surface area contributed by atoms with Crippen molar-refractivity contribution in [2.24, 2.45) is 0 Å². The smallest absolute Gasteiger partial charge is 0.294 e. The molecule has 1 aliphatic heterocycles. The molecule has 1 aliphatic rings. The first-order chi connectivity index (χ1) is 12.5. The molecule has 2 heterocycles. The number of benzene rings is 1. The van der Waals surface area contributed by atoms with Gasteiger partial charge in [-0.2, -0.15) is 0 Å². The number of hydrogen-bond donors (Lipinski definition) is 1. The van der Waals surface area contributed by atoms with Crippen molar-refractivity contribution in [2.75, 3.05) is 19.0 Å². The minimum Gasteiger partial charge on any atom is -0.497 e. The number of nitrogens with one attached hydrogen (secondary N) is 1. The Bertz CT molecular complexity index is 891. The maximum Gasteiger partial charge on any atom is 0.294 e. The van der Waals surface area contributed by atoms with Crippen LogP contribution in [0, 0.1) is 3.77 Å². The van der Waals surface area contributed by atoms with Crippen LogP contribution in [-0.2, 0) is 9.59 Å². The molecule has 134 valence electrons. The van der Waals surface area contributed by atoms with Crippen LogP contribution in [0.2, 0.25) is 0 Å². The van der Waals surface area contributed by atoms with Crippen LogP contribution >= 0.6 is 34.4 Å². The number of halogens is 1. The molecule has 0 atom stereocenters. The highest BCUT2D eigenvalue weighted by Gasteiger charge is 2.36. The summed E-state index contributed by atoms with van der Waals surface area (Å²) >= 11 is 2.78. The lowest BCUT2D eigenvalue weighted by atomic mass is 10.3. The number of furan rings is 1. The monoisotopic (exact) mass is 484 g/mol. The van der Waals surface area contributed by atoms with Gasteiger partial charge in [-0.1, -0.05) is 0 Å². The molecule has 0 radical (unpaired) electrons. The fourth-order valence-electron chi connectivity index (χ4n) is 2.19. The average molecular weight is 484 g/mol. The molecule has 3 rings (SSSR count). The molecule has 26 heavy (non-hydrogen) atoms. The number of nitrogens with zero attached hydrogens (tertiary/aromatic N) is 1. The van der Waals surface area contributed by atoms with Gasteiger partial charge in [-0.15, -0.1) is 0 Å². The molecular weight excluding hydrogens is 471 g/mol. The van der Waals surface area contributed by atoms with Crippen LogP contribution in [0.25, 0.3) is 6.08 Å². The highest BCUT2D eigenvalue weighted by Crippen LogP contribution is 2.32. The first kappa shape index (κ1) is 18.5. The van der Waals surface area contributed by atoms with Crippen LogP contribution in [-0.4, -0.2) is 35.6 Å². The Hall–Kier alpha value is -2.27. The van der Waals surface area contributed by atoms with Crippen molar-refractivity contribution in [1.82, 2.24) is 4.90 Å². The second kappa shape index (κ2) is 7.96. The van der Waals surface area contributed by atoms with Gasteiger partial charge in [-0.05, 0) is 70.8 Å². The first-order valence-corrected chi connectivity index (χ1v) is 9.30. The lowest BCUT2D eigenvalue weighted by Crippen LogP contribution is -2.36. The van der Waals surface area contributed by atoms with Crippen molar-refractivity contribution in [3.8, 4) is 5.75 Å². The van der Waals surface area contributed by atoms with Crippen LogP contribution in [0.5, 0.6) is 5.75 Å². The van der Waals surface area contributed by atoms with Gasteiger partial charge in [-0.3, -0.25) is 19.3 Å². The predicted molar refractivity (Wildman–Crippen MR) is 106 cm³/mol. The van der Waals surface area contributed by atoms with Crippen molar-refractivity contribution >= 4 is 63.2 Å². The minimum absolute atomic E-state index is 0.220. The molecule has 1 fully saturated rings. The number of methoxy groups -OCH3 is 1. The summed E-state index contributed by atoms with van der Waals surface area (Å²) in [6.45, 7) is -0.357. The maximum atomic E-state index is 12.4. The summed E-state index contributed by atoms with van der Waals surface area (Å²) in [7, 11) is 1.55. The van der Waals surface area contributed by atoms with Gasteiger partial charge in [0.1, 0.15) is 18.1 Å². The molecule has 7 nitrogen and oxygen atoms in total. The van der Waals surface area contributed by atoms with E-state index in [9.17, 15) is 14.4 Å². The summed E-state index contributed by atoms with van der Waals surface area (Å²) in [5.41, 5.74) is 0.545. The molecule has 0 aliphatic carbocycles. The molecule has 1 aromatic carbocycles. The molecule has 1 N–H and O–H groups in total. The second-order valence-electron chi connectivity index (χ2n) is 5.19. The molecule has 2 aromatic rings. The molecule has 0 spiro atoms. The Labute approximate surface area is 166 Å². The topological polar surface area (TPSA) is 88.8 Å². The van der Waals surface area contributed by atoms with Crippen LogP contribution in [0.1, 0.15) is 5.76 Å². The number of anilines is 1. The van der Waals surface area contributed by atoms with Gasteiger partial charge in [0, 0.05) is 11.8 Å². The first-order valence-electron chi connectivity index (χ1n) is 7.41. The van der Waals surface area contributed by atoms with Gasteiger partial charge in [0.25, 0.3) is 11.1 Å². The molecule has 0 bridgehead atoms. The number of ether oxygens (including phenoxy) is 1. The lowest BCUT2D eigenvalue weighted by Gasteiger charge is -2.12. The number of hydrogen-bond acceptors (Lipinski definition) is 6. The standard InChI is InChI=1S/C17H13IN2O5S/c1-24-11-4-2-10(3-5-11)19-15(21)9-20-16(22)13(26-17(20)23)8-12-6-7-14(18)25-12/h2-8H,9H2,1H3,(H,19,21)/b13-8-. The van der Waals surface area contributed by atoms with E-state index in [1.807, 2.05) is 22.6 Å². The molecule has 1 saturated heterocycles. The van der Waals surface area contributed by atoms with E-state index in [1.165, 1.54) is 6.08 Å². The predicted octanol–water partition coefficient (Wildman–Crippen LogP) is 3.57. The largest absolute Gasteiger partial charge is 0.497 e. The lowest BCUT2D eigenvalue weighted by molar-refractivity contribution is -0.127. The minimum atomic E-state index is -0.517. The van der Waals surface area contributed by atoms with E-state index < -0.39 is 17.1 Å². The summed E-state index contributed by atoms with van der Waals surface area (Å²) in [4.78, 5) is 37.7. The van der Waals surface area contributed by atoms with Crippen molar-refractivity contribution in [2.45, 2.75) is 0 Å². The second-order valence-corrected chi connectivity index (χ2v) is 7.24. The summed E-state index contributed by atoms with van der Waals surface area (Å²) in [6.07, 6.45) is 1.49. The van der Waals surface area contributed by atoms with Crippen LogP contribution in [0.4, 0.5) is 10.5 Å². The van der Waals surface area contributed by atoms with Crippen LogP contribution in [0.3, 0.4) is 0 Å². The zero-order chi connectivity index (χ0) is 18.7. The molecule has 9 heteroatoms. The van der Waals surface area contributed by atoms with E-state index >= 15 is 0 Å². The van der Waals surface area contributed by atoms with Gasteiger partial charge >= 0.3 is 0 Å². The third-order valence-corrected chi connectivity index (χ3v) is 4.90. The summed E-state index contributed by atoms with van der Waals surface area (Å²) in [5, 5.41) is 2.15. The molecule has 0 saturated carbocycles. The van der Waals surface area contributed by atoms with Crippen molar-refractivity contribution in [1.29, 1.82) is 0 Å².